The van der Waals surface area contributed by atoms with E-state index in [2.05, 4.69) is 13.8 Å². The number of ether oxygens (including phenoxy) is 1. The summed E-state index contributed by atoms with van der Waals surface area (Å²) in [6, 6.07) is 0. The molecule has 1 fully saturated rings. The van der Waals surface area contributed by atoms with Gasteiger partial charge in [0.1, 0.15) is 5.78 Å². The normalized spacial score (nSPS) is 34.2. The van der Waals surface area contributed by atoms with Crippen molar-refractivity contribution in [1.29, 1.82) is 0 Å². The topological polar surface area (TPSA) is 26.3 Å². The lowest BCUT2D eigenvalue weighted by atomic mass is 9.77. The van der Waals surface area contributed by atoms with E-state index in [0.717, 1.165) is 12.8 Å². The number of hydrogen-bond donors (Lipinski definition) is 0. The Kier molecular flexibility index (Phi) is 3.36. The minimum atomic E-state index is -0.207. The van der Waals surface area contributed by atoms with E-state index in [4.69, 9.17) is 4.74 Å². The Hall–Kier alpha value is -0.370. The average Bonchev–Trinajstić information content (AvgIpc) is 1.99. The third-order valence-electron chi connectivity index (χ3n) is 2.81. The van der Waals surface area contributed by atoms with Gasteiger partial charge in [-0.1, -0.05) is 20.8 Å². The van der Waals surface area contributed by atoms with Crippen molar-refractivity contribution in [1.82, 2.24) is 0 Å². The lowest BCUT2D eigenvalue weighted by Crippen LogP contribution is -2.38. The van der Waals surface area contributed by atoms with Crippen LogP contribution in [0.4, 0.5) is 0 Å². The third kappa shape index (κ3) is 2.81. The maximum atomic E-state index is 12.1. The smallest absolute Gasteiger partial charge is 0.141 e. The fourth-order valence-electron chi connectivity index (χ4n) is 2.23. The molecular weight excluding hydrogens is 176 g/mol. The number of ketones is 1. The monoisotopic (exact) mass is 198 g/mol. The van der Waals surface area contributed by atoms with Gasteiger partial charge in [-0.2, -0.15) is 0 Å². The Morgan fingerprint density at radius 1 is 1.14 bits per heavy atom. The third-order valence-corrected chi connectivity index (χ3v) is 2.81. The molecule has 0 spiro atoms. The molecule has 0 radical (unpaired) electrons. The summed E-state index contributed by atoms with van der Waals surface area (Å²) < 4.78 is 5.63. The second-order valence-corrected chi connectivity index (χ2v) is 5.54. The molecule has 2 nitrogen and oxygen atoms in total. The number of carbonyl (C=O) groups is 1. The van der Waals surface area contributed by atoms with Crippen LogP contribution in [-0.2, 0) is 9.53 Å². The van der Waals surface area contributed by atoms with Crippen LogP contribution in [0.1, 0.15) is 47.5 Å². The molecule has 0 bridgehead atoms. The highest BCUT2D eigenvalue weighted by atomic mass is 16.5. The summed E-state index contributed by atoms with van der Waals surface area (Å²) >= 11 is 0. The van der Waals surface area contributed by atoms with E-state index >= 15 is 0 Å². The maximum absolute atomic E-state index is 12.1. The first-order chi connectivity index (χ1) is 6.30. The summed E-state index contributed by atoms with van der Waals surface area (Å²) in [7, 11) is 0. The van der Waals surface area contributed by atoms with Gasteiger partial charge in [-0.05, 0) is 26.7 Å². The minimum absolute atomic E-state index is 0.203. The van der Waals surface area contributed by atoms with Crippen LogP contribution in [0.5, 0.6) is 0 Å². The Labute approximate surface area is 87.0 Å². The lowest BCUT2D eigenvalue weighted by molar-refractivity contribution is -0.138. The van der Waals surface area contributed by atoms with Crippen LogP contribution in [0.25, 0.3) is 0 Å². The molecule has 0 aromatic heterocycles. The van der Waals surface area contributed by atoms with Crippen molar-refractivity contribution >= 4 is 5.78 Å². The molecule has 0 amide bonds. The van der Waals surface area contributed by atoms with E-state index in [1.54, 1.807) is 0 Å². The van der Waals surface area contributed by atoms with Crippen molar-refractivity contribution in [2.45, 2.75) is 59.7 Å². The second-order valence-electron chi connectivity index (χ2n) is 5.54. The van der Waals surface area contributed by atoms with Gasteiger partial charge in [0.15, 0.2) is 0 Å². The molecule has 0 aliphatic carbocycles. The summed E-state index contributed by atoms with van der Waals surface area (Å²) in [5, 5.41) is 0. The van der Waals surface area contributed by atoms with Gasteiger partial charge in [-0.3, -0.25) is 4.79 Å². The van der Waals surface area contributed by atoms with Crippen LogP contribution in [0.3, 0.4) is 0 Å². The van der Waals surface area contributed by atoms with Crippen molar-refractivity contribution in [3.63, 3.8) is 0 Å². The molecule has 0 N–H and O–H groups in total. The molecule has 1 aliphatic rings. The number of Topliss-reactive ketones (excluding diaryl/α,β-unsaturated/α-hetero) is 1. The van der Waals surface area contributed by atoms with Crippen LogP contribution in [0.15, 0.2) is 0 Å². The van der Waals surface area contributed by atoms with Gasteiger partial charge in [-0.25, -0.2) is 0 Å². The molecule has 1 aliphatic heterocycles. The van der Waals surface area contributed by atoms with Crippen molar-refractivity contribution < 1.29 is 9.53 Å². The van der Waals surface area contributed by atoms with Crippen LogP contribution in [0, 0.1) is 11.3 Å². The summed E-state index contributed by atoms with van der Waals surface area (Å²) in [4.78, 5) is 12.1. The van der Waals surface area contributed by atoms with E-state index in [1.807, 2.05) is 20.8 Å². The first-order valence-corrected chi connectivity index (χ1v) is 5.50. The summed E-state index contributed by atoms with van der Waals surface area (Å²) in [6.45, 7) is 10.1. The molecule has 0 aromatic rings. The Bertz CT molecular complexity index is 205. The van der Waals surface area contributed by atoms with E-state index in [9.17, 15) is 4.79 Å². The fraction of sp³-hybridized carbons (Fsp3) is 0.917. The molecule has 82 valence electrons. The predicted molar refractivity (Wildman–Crippen MR) is 57.2 cm³/mol. The minimum Gasteiger partial charge on any atom is -0.376 e. The molecule has 2 unspecified atom stereocenters. The molecule has 1 rings (SSSR count). The second kappa shape index (κ2) is 4.01. The highest BCUT2D eigenvalue weighted by molar-refractivity contribution is 5.86. The van der Waals surface area contributed by atoms with Gasteiger partial charge in [-0.15, -0.1) is 0 Å². The zero-order chi connectivity index (χ0) is 10.9. The van der Waals surface area contributed by atoms with E-state index in [-0.39, 0.29) is 23.5 Å². The summed E-state index contributed by atoms with van der Waals surface area (Å²) in [5.74, 6) is 0.591. The van der Waals surface area contributed by atoms with Crippen molar-refractivity contribution in [3.05, 3.63) is 0 Å². The van der Waals surface area contributed by atoms with E-state index < -0.39 is 0 Å². The molecule has 1 saturated heterocycles. The van der Waals surface area contributed by atoms with Crippen LogP contribution in [0.2, 0.25) is 0 Å². The SMILES string of the molecule is CC1CC(C(=O)C(C)(C)C)CC(C)O1. The first kappa shape index (κ1) is 11.7. The standard InChI is InChI=1S/C12H22O2/c1-8-6-10(7-9(2)14-8)11(13)12(3,4)5/h8-10H,6-7H2,1-5H3. The number of rotatable bonds is 1. The molecule has 2 heteroatoms. The van der Waals surface area contributed by atoms with Crippen LogP contribution < -0.4 is 0 Å². The van der Waals surface area contributed by atoms with Crippen molar-refractivity contribution in [2.75, 3.05) is 0 Å². The molecule has 1 heterocycles. The van der Waals surface area contributed by atoms with E-state index in [1.165, 1.54) is 0 Å². The van der Waals surface area contributed by atoms with Gasteiger partial charge >= 0.3 is 0 Å². The zero-order valence-electron chi connectivity index (χ0n) is 9.96. The summed E-state index contributed by atoms with van der Waals surface area (Å²) in [6.07, 6.45) is 2.24. The summed E-state index contributed by atoms with van der Waals surface area (Å²) in [5.41, 5.74) is -0.207. The Morgan fingerprint density at radius 3 is 1.93 bits per heavy atom. The fourth-order valence-corrected chi connectivity index (χ4v) is 2.23. The van der Waals surface area contributed by atoms with Gasteiger partial charge in [0, 0.05) is 11.3 Å². The Morgan fingerprint density at radius 2 is 1.57 bits per heavy atom. The first-order valence-electron chi connectivity index (χ1n) is 5.50. The molecule has 14 heavy (non-hydrogen) atoms. The highest BCUT2D eigenvalue weighted by Crippen LogP contribution is 2.31. The van der Waals surface area contributed by atoms with Gasteiger partial charge in [0.25, 0.3) is 0 Å². The maximum Gasteiger partial charge on any atom is 0.141 e. The van der Waals surface area contributed by atoms with E-state index in [0.29, 0.717) is 5.78 Å². The molecule has 0 saturated carbocycles. The molecule has 0 aromatic carbocycles. The molecular formula is C12H22O2. The van der Waals surface area contributed by atoms with Crippen molar-refractivity contribution in [2.24, 2.45) is 11.3 Å². The van der Waals surface area contributed by atoms with Crippen LogP contribution in [-0.4, -0.2) is 18.0 Å². The largest absolute Gasteiger partial charge is 0.376 e. The zero-order valence-corrected chi connectivity index (χ0v) is 9.96. The number of carbonyl (C=O) groups excluding carboxylic acids is 1. The van der Waals surface area contributed by atoms with Crippen LogP contribution >= 0.6 is 0 Å². The molecule has 2 atom stereocenters. The van der Waals surface area contributed by atoms with Gasteiger partial charge < -0.3 is 4.74 Å². The quantitative estimate of drug-likeness (QED) is 0.647. The van der Waals surface area contributed by atoms with Gasteiger partial charge in [0.2, 0.25) is 0 Å². The highest BCUT2D eigenvalue weighted by Gasteiger charge is 2.34. The predicted octanol–water partition coefficient (Wildman–Crippen LogP) is 2.81. The van der Waals surface area contributed by atoms with Gasteiger partial charge in [0.05, 0.1) is 12.2 Å². The number of hydrogen-bond acceptors (Lipinski definition) is 2. The Balaban J connectivity index is 2.64. The lowest BCUT2D eigenvalue weighted by Gasteiger charge is -2.34. The average molecular weight is 198 g/mol. The van der Waals surface area contributed by atoms with Crippen molar-refractivity contribution in [3.8, 4) is 0 Å².